The Morgan fingerprint density at radius 2 is 1.90 bits per heavy atom. The Balaban J connectivity index is 1.64. The molecule has 1 aliphatic rings. The van der Waals surface area contributed by atoms with Gasteiger partial charge in [-0.2, -0.15) is 4.98 Å². The molecule has 1 aromatic carbocycles. The highest BCUT2D eigenvalue weighted by molar-refractivity contribution is 5.42. The first kappa shape index (κ1) is 13.8. The molecule has 21 heavy (non-hydrogen) atoms. The number of nitrogens with one attached hydrogen (secondary N) is 1. The van der Waals surface area contributed by atoms with Gasteiger partial charge in [0.1, 0.15) is 5.82 Å². The monoisotopic (exact) mass is 284 g/mol. The van der Waals surface area contributed by atoms with Crippen molar-refractivity contribution in [3.05, 3.63) is 47.7 Å². The highest BCUT2D eigenvalue weighted by atomic mass is 16.5. The molecule has 1 aromatic heterocycles. The van der Waals surface area contributed by atoms with Crippen LogP contribution in [0.3, 0.4) is 0 Å². The molecule has 0 spiro atoms. The molecule has 1 aliphatic heterocycles. The summed E-state index contributed by atoms with van der Waals surface area (Å²) in [6, 6.07) is 10.4. The van der Waals surface area contributed by atoms with Gasteiger partial charge >= 0.3 is 0 Å². The summed E-state index contributed by atoms with van der Waals surface area (Å²) in [5, 5.41) is 3.35. The van der Waals surface area contributed by atoms with Crippen molar-refractivity contribution in [1.82, 2.24) is 9.97 Å². The first-order chi connectivity index (χ1) is 10.3. The first-order valence-corrected chi connectivity index (χ1v) is 7.26. The Hall–Kier alpha value is -2.14. The molecule has 0 radical (unpaired) electrons. The standard InChI is InChI=1S/C16H20N4O/c1-13-2-4-14(5-3-13)12-18-15-6-7-17-16(19-15)20-8-10-21-11-9-20/h2-7H,8-12H2,1H3,(H,17,18,19). The third-order valence-corrected chi connectivity index (χ3v) is 3.53. The number of anilines is 2. The second-order valence-corrected chi connectivity index (χ2v) is 5.18. The Morgan fingerprint density at radius 1 is 1.14 bits per heavy atom. The van der Waals surface area contributed by atoms with Crippen molar-refractivity contribution in [1.29, 1.82) is 0 Å². The summed E-state index contributed by atoms with van der Waals surface area (Å²) < 4.78 is 5.35. The number of hydrogen-bond donors (Lipinski definition) is 1. The molecule has 2 aromatic rings. The minimum atomic E-state index is 0.740. The van der Waals surface area contributed by atoms with Crippen molar-refractivity contribution in [2.24, 2.45) is 0 Å². The first-order valence-electron chi connectivity index (χ1n) is 7.26. The van der Waals surface area contributed by atoms with Crippen LogP contribution in [-0.2, 0) is 11.3 Å². The molecule has 1 fully saturated rings. The fourth-order valence-electron chi connectivity index (χ4n) is 2.26. The van der Waals surface area contributed by atoms with Gasteiger partial charge in [-0.25, -0.2) is 4.98 Å². The molecule has 0 saturated carbocycles. The van der Waals surface area contributed by atoms with Gasteiger partial charge in [0.2, 0.25) is 5.95 Å². The van der Waals surface area contributed by atoms with Crippen LogP contribution < -0.4 is 10.2 Å². The molecular weight excluding hydrogens is 264 g/mol. The lowest BCUT2D eigenvalue weighted by Crippen LogP contribution is -2.37. The lowest BCUT2D eigenvalue weighted by molar-refractivity contribution is 0.122. The lowest BCUT2D eigenvalue weighted by atomic mass is 10.1. The summed E-state index contributed by atoms with van der Waals surface area (Å²) in [6.45, 7) is 6.04. The van der Waals surface area contributed by atoms with Gasteiger partial charge in [0.25, 0.3) is 0 Å². The van der Waals surface area contributed by atoms with E-state index in [0.717, 1.165) is 44.6 Å². The smallest absolute Gasteiger partial charge is 0.227 e. The van der Waals surface area contributed by atoms with Crippen LogP contribution in [0.15, 0.2) is 36.5 Å². The maximum atomic E-state index is 5.35. The summed E-state index contributed by atoms with van der Waals surface area (Å²) >= 11 is 0. The molecule has 1 N–H and O–H groups in total. The van der Waals surface area contributed by atoms with Gasteiger partial charge in [-0.15, -0.1) is 0 Å². The maximum Gasteiger partial charge on any atom is 0.227 e. The van der Waals surface area contributed by atoms with E-state index in [1.54, 1.807) is 6.20 Å². The molecule has 5 heteroatoms. The second-order valence-electron chi connectivity index (χ2n) is 5.18. The van der Waals surface area contributed by atoms with Crippen molar-refractivity contribution < 1.29 is 4.74 Å². The van der Waals surface area contributed by atoms with Crippen molar-refractivity contribution in [3.8, 4) is 0 Å². The molecular formula is C16H20N4O. The number of ether oxygens (including phenoxy) is 1. The second kappa shape index (κ2) is 6.54. The molecule has 0 atom stereocenters. The van der Waals surface area contributed by atoms with Crippen LogP contribution >= 0.6 is 0 Å². The number of rotatable bonds is 4. The highest BCUT2D eigenvalue weighted by Crippen LogP contribution is 2.13. The zero-order valence-corrected chi connectivity index (χ0v) is 12.2. The highest BCUT2D eigenvalue weighted by Gasteiger charge is 2.13. The zero-order valence-electron chi connectivity index (χ0n) is 12.2. The third kappa shape index (κ3) is 3.70. The largest absolute Gasteiger partial charge is 0.378 e. The SMILES string of the molecule is Cc1ccc(CNc2ccnc(N3CCOCC3)n2)cc1. The van der Waals surface area contributed by atoms with Gasteiger partial charge in [0.15, 0.2) is 0 Å². The number of benzene rings is 1. The van der Waals surface area contributed by atoms with Crippen LogP contribution in [0.1, 0.15) is 11.1 Å². The Labute approximate surface area is 125 Å². The van der Waals surface area contributed by atoms with E-state index in [9.17, 15) is 0 Å². The average Bonchev–Trinajstić information content (AvgIpc) is 2.55. The van der Waals surface area contributed by atoms with E-state index in [1.165, 1.54) is 11.1 Å². The minimum Gasteiger partial charge on any atom is -0.378 e. The van der Waals surface area contributed by atoms with E-state index in [-0.39, 0.29) is 0 Å². The minimum absolute atomic E-state index is 0.740. The van der Waals surface area contributed by atoms with Crippen molar-refractivity contribution in [2.45, 2.75) is 13.5 Å². The van der Waals surface area contributed by atoms with Crippen LogP contribution in [-0.4, -0.2) is 36.3 Å². The average molecular weight is 284 g/mol. The summed E-state index contributed by atoms with van der Waals surface area (Å²) in [4.78, 5) is 11.1. The van der Waals surface area contributed by atoms with Crippen molar-refractivity contribution >= 4 is 11.8 Å². The van der Waals surface area contributed by atoms with E-state index >= 15 is 0 Å². The predicted octanol–water partition coefficient (Wildman–Crippen LogP) is 2.23. The van der Waals surface area contributed by atoms with E-state index in [4.69, 9.17) is 4.74 Å². The van der Waals surface area contributed by atoms with E-state index < -0.39 is 0 Å². The number of hydrogen-bond acceptors (Lipinski definition) is 5. The summed E-state index contributed by atoms with van der Waals surface area (Å²) in [7, 11) is 0. The molecule has 0 amide bonds. The Bertz CT molecular complexity index is 579. The molecule has 0 bridgehead atoms. The number of nitrogens with zero attached hydrogens (tertiary/aromatic N) is 3. The van der Waals surface area contributed by atoms with Crippen LogP contribution in [0, 0.1) is 6.92 Å². The van der Waals surface area contributed by atoms with E-state index in [1.807, 2.05) is 6.07 Å². The van der Waals surface area contributed by atoms with Crippen LogP contribution in [0.25, 0.3) is 0 Å². The van der Waals surface area contributed by atoms with Crippen LogP contribution in [0.5, 0.6) is 0 Å². The van der Waals surface area contributed by atoms with Crippen LogP contribution in [0.2, 0.25) is 0 Å². The van der Waals surface area contributed by atoms with Gasteiger partial charge in [0, 0.05) is 25.8 Å². The normalized spacial score (nSPS) is 15.0. The molecule has 0 unspecified atom stereocenters. The number of aryl methyl sites for hydroxylation is 1. The van der Waals surface area contributed by atoms with Gasteiger partial charge in [-0.3, -0.25) is 0 Å². The van der Waals surface area contributed by atoms with E-state index in [2.05, 4.69) is 51.4 Å². The predicted molar refractivity (Wildman–Crippen MR) is 83.6 cm³/mol. The molecule has 3 rings (SSSR count). The van der Waals surface area contributed by atoms with Crippen LogP contribution in [0.4, 0.5) is 11.8 Å². The number of aromatic nitrogens is 2. The zero-order chi connectivity index (χ0) is 14.5. The lowest BCUT2D eigenvalue weighted by Gasteiger charge is -2.26. The van der Waals surface area contributed by atoms with Crippen molar-refractivity contribution in [3.63, 3.8) is 0 Å². The Kier molecular flexibility index (Phi) is 4.31. The number of morpholine rings is 1. The molecule has 5 nitrogen and oxygen atoms in total. The van der Waals surface area contributed by atoms with Gasteiger partial charge in [-0.05, 0) is 18.6 Å². The van der Waals surface area contributed by atoms with Gasteiger partial charge < -0.3 is 15.0 Å². The fraction of sp³-hybridized carbons (Fsp3) is 0.375. The molecule has 1 saturated heterocycles. The molecule has 2 heterocycles. The van der Waals surface area contributed by atoms with Gasteiger partial charge in [0.05, 0.1) is 13.2 Å². The summed E-state index contributed by atoms with van der Waals surface area (Å²) in [5.74, 6) is 1.62. The molecule has 110 valence electrons. The molecule has 0 aliphatic carbocycles. The van der Waals surface area contributed by atoms with E-state index in [0.29, 0.717) is 0 Å². The fourth-order valence-corrected chi connectivity index (χ4v) is 2.26. The Morgan fingerprint density at radius 3 is 2.67 bits per heavy atom. The van der Waals surface area contributed by atoms with Crippen molar-refractivity contribution in [2.75, 3.05) is 36.5 Å². The third-order valence-electron chi connectivity index (χ3n) is 3.53. The maximum absolute atomic E-state index is 5.35. The topological polar surface area (TPSA) is 50.3 Å². The summed E-state index contributed by atoms with van der Waals surface area (Å²) in [6.07, 6.45) is 1.80. The van der Waals surface area contributed by atoms with Gasteiger partial charge in [-0.1, -0.05) is 29.8 Å². The summed E-state index contributed by atoms with van der Waals surface area (Å²) in [5.41, 5.74) is 2.52. The quantitative estimate of drug-likeness (QED) is 0.933.